The quantitative estimate of drug-likeness (QED) is 0.888. The van der Waals surface area contributed by atoms with E-state index in [1.54, 1.807) is 6.07 Å². The van der Waals surface area contributed by atoms with Gasteiger partial charge in [-0.25, -0.2) is 4.39 Å². The largest absolute Gasteiger partial charge is 0.362 e. The summed E-state index contributed by atoms with van der Waals surface area (Å²) in [5.74, 6) is 0.971. The van der Waals surface area contributed by atoms with E-state index >= 15 is 0 Å². The van der Waals surface area contributed by atoms with Gasteiger partial charge in [-0.05, 0) is 42.9 Å². The molecule has 23 heavy (non-hydrogen) atoms. The Balaban J connectivity index is 1.50. The molecule has 3 unspecified atom stereocenters. The highest BCUT2D eigenvalue weighted by molar-refractivity contribution is 8.03. The molecular weight excluding hydrogens is 313 g/mol. The van der Waals surface area contributed by atoms with Crippen LogP contribution in [0.3, 0.4) is 0 Å². The third-order valence-electron chi connectivity index (χ3n) is 5.20. The maximum absolute atomic E-state index is 13.5. The third-order valence-corrected chi connectivity index (χ3v) is 6.36. The minimum atomic E-state index is -0.520. The Morgan fingerprint density at radius 3 is 3.13 bits per heavy atom. The number of piperidine rings is 1. The number of carbonyl (C=O) groups is 1. The number of benzene rings is 1. The van der Waals surface area contributed by atoms with Crippen LogP contribution in [-0.2, 0) is 9.67 Å². The lowest BCUT2D eigenvalue weighted by Gasteiger charge is -2.30. The van der Waals surface area contributed by atoms with Gasteiger partial charge < -0.3 is 16.0 Å². The first-order chi connectivity index (χ1) is 11.0. The van der Waals surface area contributed by atoms with Crippen molar-refractivity contribution in [1.29, 1.82) is 0 Å². The van der Waals surface area contributed by atoms with E-state index in [2.05, 4.69) is 5.32 Å². The summed E-state index contributed by atoms with van der Waals surface area (Å²) in [4.78, 5) is 14.2. The highest BCUT2D eigenvalue weighted by Crippen LogP contribution is 2.50. The van der Waals surface area contributed by atoms with Gasteiger partial charge in [0.05, 0.1) is 0 Å². The van der Waals surface area contributed by atoms with Gasteiger partial charge in [-0.15, -0.1) is 0 Å². The van der Waals surface area contributed by atoms with Gasteiger partial charge in [0, 0.05) is 24.5 Å². The molecule has 1 amide bonds. The molecule has 0 radical (unpaired) electrons. The van der Waals surface area contributed by atoms with Gasteiger partial charge in [-0.1, -0.05) is 23.9 Å². The van der Waals surface area contributed by atoms with Crippen LogP contribution >= 0.6 is 11.8 Å². The molecule has 4 rings (SSSR count). The Hall–Kier alpha value is -1.53. The van der Waals surface area contributed by atoms with Crippen LogP contribution < -0.4 is 11.1 Å². The molecule has 0 bridgehead atoms. The van der Waals surface area contributed by atoms with Crippen molar-refractivity contribution in [2.24, 2.45) is 17.6 Å². The molecule has 2 aliphatic heterocycles. The number of hydrogen-bond donors (Lipinski definition) is 2. The molecule has 4 nitrogen and oxygen atoms in total. The fourth-order valence-electron chi connectivity index (χ4n) is 3.78. The van der Waals surface area contributed by atoms with Crippen molar-refractivity contribution in [3.63, 3.8) is 0 Å². The predicted octanol–water partition coefficient (Wildman–Crippen LogP) is 1.98. The van der Waals surface area contributed by atoms with Crippen LogP contribution in [0.2, 0.25) is 0 Å². The summed E-state index contributed by atoms with van der Waals surface area (Å²) in [6, 6.07) is 6.67. The van der Waals surface area contributed by atoms with Gasteiger partial charge in [-0.3, -0.25) is 4.79 Å². The summed E-state index contributed by atoms with van der Waals surface area (Å²) < 4.78 is 13.5. The molecular formula is C17H20FN3OS. The minimum absolute atomic E-state index is 0.0141. The zero-order chi connectivity index (χ0) is 16.2. The fourth-order valence-corrected chi connectivity index (χ4v) is 4.73. The van der Waals surface area contributed by atoms with E-state index in [0.717, 1.165) is 12.1 Å². The van der Waals surface area contributed by atoms with Crippen LogP contribution in [0, 0.1) is 17.7 Å². The Bertz CT molecular complexity index is 694. The van der Waals surface area contributed by atoms with Gasteiger partial charge in [0.25, 0.3) is 5.91 Å². The van der Waals surface area contributed by atoms with E-state index in [1.807, 2.05) is 23.3 Å². The maximum Gasteiger partial charge on any atom is 0.270 e. The third kappa shape index (κ3) is 2.44. The SMILES string of the molecule is C[C@]1(c2cccc(F)c2)NC(C(=O)N2CC3CC3C2CN)=CS1. The topological polar surface area (TPSA) is 58.4 Å². The molecule has 1 aliphatic carbocycles. The first kappa shape index (κ1) is 15.0. The molecule has 1 saturated heterocycles. The van der Waals surface area contributed by atoms with E-state index < -0.39 is 4.87 Å². The molecule has 122 valence electrons. The van der Waals surface area contributed by atoms with Crippen molar-refractivity contribution >= 4 is 17.7 Å². The molecule has 2 heterocycles. The number of halogens is 1. The number of thioether (sulfide) groups is 1. The minimum Gasteiger partial charge on any atom is -0.362 e. The molecule has 0 aromatic heterocycles. The van der Waals surface area contributed by atoms with Crippen molar-refractivity contribution in [3.05, 3.63) is 46.8 Å². The Kier molecular flexibility index (Phi) is 3.43. The highest BCUT2D eigenvalue weighted by atomic mass is 32.2. The van der Waals surface area contributed by atoms with Gasteiger partial charge in [0.1, 0.15) is 16.4 Å². The first-order valence-corrected chi connectivity index (χ1v) is 8.83. The molecule has 6 heteroatoms. The monoisotopic (exact) mass is 333 g/mol. The lowest BCUT2D eigenvalue weighted by atomic mass is 10.1. The number of amides is 1. The number of hydrogen-bond acceptors (Lipinski definition) is 4. The summed E-state index contributed by atoms with van der Waals surface area (Å²) in [5, 5.41) is 5.14. The summed E-state index contributed by atoms with van der Waals surface area (Å²) in [6.07, 6.45) is 1.20. The Morgan fingerprint density at radius 1 is 1.57 bits per heavy atom. The lowest BCUT2D eigenvalue weighted by Crippen LogP contribution is -2.46. The zero-order valence-electron chi connectivity index (χ0n) is 13.0. The Morgan fingerprint density at radius 2 is 2.39 bits per heavy atom. The number of nitrogens with one attached hydrogen (secondary N) is 1. The Labute approximate surface area is 139 Å². The van der Waals surface area contributed by atoms with Crippen LogP contribution in [-0.4, -0.2) is 29.9 Å². The molecule has 1 aromatic carbocycles. The van der Waals surface area contributed by atoms with Gasteiger partial charge in [0.2, 0.25) is 0 Å². The van der Waals surface area contributed by atoms with Crippen LogP contribution in [0.15, 0.2) is 35.4 Å². The van der Waals surface area contributed by atoms with Gasteiger partial charge in [-0.2, -0.15) is 0 Å². The smallest absolute Gasteiger partial charge is 0.270 e. The van der Waals surface area contributed by atoms with Gasteiger partial charge in [0.15, 0.2) is 0 Å². The molecule has 1 saturated carbocycles. The van der Waals surface area contributed by atoms with Crippen molar-refractivity contribution in [2.45, 2.75) is 24.3 Å². The van der Waals surface area contributed by atoms with Crippen molar-refractivity contribution in [1.82, 2.24) is 10.2 Å². The number of nitrogens with two attached hydrogens (primary N) is 1. The van der Waals surface area contributed by atoms with Crippen molar-refractivity contribution < 1.29 is 9.18 Å². The fraction of sp³-hybridized carbons (Fsp3) is 0.471. The van der Waals surface area contributed by atoms with Crippen LogP contribution in [0.4, 0.5) is 4.39 Å². The normalized spacial score (nSPS) is 34.8. The van der Waals surface area contributed by atoms with E-state index in [0.29, 0.717) is 24.1 Å². The summed E-state index contributed by atoms with van der Waals surface area (Å²) >= 11 is 1.50. The van der Waals surface area contributed by atoms with E-state index in [4.69, 9.17) is 5.73 Å². The molecule has 2 fully saturated rings. The number of likely N-dealkylation sites (tertiary alicyclic amines) is 1. The van der Waals surface area contributed by atoms with Crippen LogP contribution in [0.5, 0.6) is 0 Å². The second kappa shape index (κ2) is 5.24. The molecule has 4 atom stereocenters. The standard InChI is InChI=1S/C17H20FN3OS/c1-17(11-3-2-4-12(18)6-11)20-14(9-23-17)16(22)21-8-10-5-13(10)15(21)7-19/h2-4,6,9-10,13,15,20H,5,7-8,19H2,1H3/t10?,13?,15?,17-/m0/s1. The second-order valence-corrected chi connectivity index (χ2v) is 8.03. The highest BCUT2D eigenvalue weighted by Gasteiger charge is 2.54. The average Bonchev–Trinajstić information content (AvgIpc) is 3.03. The molecule has 3 N–H and O–H groups in total. The van der Waals surface area contributed by atoms with Crippen molar-refractivity contribution in [2.75, 3.05) is 13.1 Å². The molecule has 1 aromatic rings. The maximum atomic E-state index is 13.5. The molecule has 3 aliphatic rings. The number of carbonyl (C=O) groups excluding carboxylic acids is 1. The van der Waals surface area contributed by atoms with E-state index in [1.165, 1.54) is 30.3 Å². The number of fused-ring (bicyclic) bond motifs is 1. The summed E-state index contributed by atoms with van der Waals surface area (Å²) in [5.41, 5.74) is 7.26. The lowest BCUT2D eigenvalue weighted by molar-refractivity contribution is -0.129. The van der Waals surface area contributed by atoms with Gasteiger partial charge >= 0.3 is 0 Å². The summed E-state index contributed by atoms with van der Waals surface area (Å²) in [7, 11) is 0. The zero-order valence-corrected chi connectivity index (χ0v) is 13.8. The number of rotatable bonds is 3. The van der Waals surface area contributed by atoms with Crippen LogP contribution in [0.1, 0.15) is 18.9 Å². The van der Waals surface area contributed by atoms with Crippen LogP contribution in [0.25, 0.3) is 0 Å². The average molecular weight is 333 g/mol. The second-order valence-electron chi connectivity index (χ2n) is 6.74. The number of nitrogens with zero attached hydrogens (tertiary/aromatic N) is 1. The first-order valence-electron chi connectivity index (χ1n) is 7.95. The van der Waals surface area contributed by atoms with E-state index in [-0.39, 0.29) is 17.8 Å². The molecule has 0 spiro atoms. The van der Waals surface area contributed by atoms with E-state index in [9.17, 15) is 9.18 Å². The summed E-state index contributed by atoms with van der Waals surface area (Å²) in [6.45, 7) is 3.30. The van der Waals surface area contributed by atoms with Crippen molar-refractivity contribution in [3.8, 4) is 0 Å². The predicted molar refractivity (Wildman–Crippen MR) is 88.7 cm³/mol.